The van der Waals surface area contributed by atoms with E-state index >= 15 is 0 Å². The molecule has 0 spiro atoms. The van der Waals surface area contributed by atoms with Crippen molar-refractivity contribution in [3.05, 3.63) is 45.0 Å². The highest BCUT2D eigenvalue weighted by atomic mass is 35.5. The van der Waals surface area contributed by atoms with Crippen LogP contribution in [-0.2, 0) is 0 Å². The fourth-order valence-corrected chi connectivity index (χ4v) is 3.72. The average molecular weight is 277 g/mol. The first-order valence-corrected chi connectivity index (χ1v) is 7.67. The van der Waals surface area contributed by atoms with Gasteiger partial charge in [0.25, 0.3) is 0 Å². The summed E-state index contributed by atoms with van der Waals surface area (Å²) in [6.07, 6.45) is 8.80. The van der Waals surface area contributed by atoms with E-state index in [0.717, 1.165) is 30.7 Å². The smallest absolute Gasteiger partial charge is 0.0219 e. The van der Waals surface area contributed by atoms with E-state index in [9.17, 15) is 0 Å². The van der Waals surface area contributed by atoms with E-state index in [2.05, 4.69) is 46.8 Å². The Hall–Kier alpha value is -0.750. The van der Waals surface area contributed by atoms with E-state index in [1.54, 1.807) is 0 Å². The van der Waals surface area contributed by atoms with E-state index in [4.69, 9.17) is 11.6 Å². The van der Waals surface area contributed by atoms with Gasteiger partial charge < -0.3 is 0 Å². The largest absolute Gasteiger partial charge is 0.0888 e. The van der Waals surface area contributed by atoms with Gasteiger partial charge in [-0.3, -0.25) is 0 Å². The van der Waals surface area contributed by atoms with Crippen LogP contribution in [0.3, 0.4) is 0 Å². The zero-order valence-corrected chi connectivity index (χ0v) is 13.6. The molecule has 0 fully saturated rings. The highest BCUT2D eigenvalue weighted by Crippen LogP contribution is 2.51. The molecule has 0 aromatic heterocycles. The summed E-state index contributed by atoms with van der Waals surface area (Å²) in [6.45, 7) is 11.4. The van der Waals surface area contributed by atoms with Crippen LogP contribution in [0, 0.1) is 5.41 Å². The van der Waals surface area contributed by atoms with E-state index in [0.29, 0.717) is 0 Å². The molecule has 0 aliphatic heterocycles. The Morgan fingerprint density at radius 1 is 0.947 bits per heavy atom. The average Bonchev–Trinajstić information content (AvgIpc) is 2.48. The van der Waals surface area contributed by atoms with Gasteiger partial charge in [0.1, 0.15) is 0 Å². The van der Waals surface area contributed by atoms with Gasteiger partial charge >= 0.3 is 0 Å². The topological polar surface area (TPSA) is 0 Å². The van der Waals surface area contributed by atoms with Crippen LogP contribution in [0.5, 0.6) is 0 Å². The lowest BCUT2D eigenvalue weighted by atomic mass is 9.76. The number of hydrogen-bond donors (Lipinski definition) is 0. The zero-order valence-electron chi connectivity index (χ0n) is 12.9. The van der Waals surface area contributed by atoms with Crippen molar-refractivity contribution in [2.75, 3.05) is 0 Å². The van der Waals surface area contributed by atoms with Crippen molar-refractivity contribution in [3.63, 3.8) is 0 Å². The van der Waals surface area contributed by atoms with Gasteiger partial charge in [-0.2, -0.15) is 0 Å². The molecule has 0 bridgehead atoms. The fourth-order valence-electron chi connectivity index (χ4n) is 3.42. The van der Waals surface area contributed by atoms with E-state index in [1.165, 1.54) is 27.9 Å². The molecule has 0 saturated heterocycles. The molecule has 0 heterocycles. The minimum atomic E-state index is 0.131. The van der Waals surface area contributed by atoms with Gasteiger partial charge in [0.2, 0.25) is 0 Å². The lowest BCUT2D eigenvalue weighted by Gasteiger charge is -2.29. The summed E-state index contributed by atoms with van der Waals surface area (Å²) in [5, 5.41) is 1.08. The Morgan fingerprint density at radius 3 is 2.05 bits per heavy atom. The number of rotatable bonds is 1. The van der Waals surface area contributed by atoms with E-state index < -0.39 is 0 Å². The molecular formula is C18H25Cl. The first-order valence-electron chi connectivity index (χ1n) is 7.30. The summed E-state index contributed by atoms with van der Waals surface area (Å²) in [7, 11) is 0. The third kappa shape index (κ3) is 2.48. The normalized spacial score (nSPS) is 29.6. The molecule has 104 valence electrons. The zero-order chi connectivity index (χ0) is 14.2. The minimum Gasteiger partial charge on any atom is -0.0888 e. The predicted octanol–water partition coefficient (Wildman–Crippen LogP) is 6.30. The van der Waals surface area contributed by atoms with Gasteiger partial charge in [-0.25, -0.2) is 0 Å². The molecule has 0 nitrogen and oxygen atoms in total. The van der Waals surface area contributed by atoms with Crippen molar-refractivity contribution in [2.24, 2.45) is 5.41 Å². The molecule has 19 heavy (non-hydrogen) atoms. The highest BCUT2D eigenvalue weighted by molar-refractivity contribution is 6.30. The third-order valence-corrected chi connectivity index (χ3v) is 5.37. The quantitative estimate of drug-likeness (QED) is 0.493. The Labute approximate surface area is 122 Å². The van der Waals surface area contributed by atoms with Crippen LogP contribution in [0.25, 0.3) is 0 Å². The molecular weight excluding hydrogens is 252 g/mol. The first kappa shape index (κ1) is 14.7. The molecule has 0 aromatic carbocycles. The summed E-state index contributed by atoms with van der Waals surface area (Å²) in [4.78, 5) is 0. The summed E-state index contributed by atoms with van der Waals surface area (Å²) in [5.74, 6) is 0. The molecule has 0 saturated carbocycles. The maximum absolute atomic E-state index is 6.62. The standard InChI is InChI=1S/C18H25Cl/c1-12-13(2)17(18(4,5)14(12)3)15-10-8-6-7-9-11-16(15)19/h6-7H,8-11H2,1-5H3/b7-6-,16-15-. The molecule has 1 heteroatoms. The number of allylic oxidation sites excluding steroid dienone is 8. The second-order valence-corrected chi connectivity index (χ2v) is 6.76. The van der Waals surface area contributed by atoms with Gasteiger partial charge in [0, 0.05) is 10.4 Å². The molecule has 2 aliphatic rings. The molecule has 0 amide bonds. The SMILES string of the molecule is CC1=C(C)C(C)(C)C(/C2=C(\Cl)CC/C=C\CC2)=C1C. The van der Waals surface area contributed by atoms with Crippen LogP contribution in [0.1, 0.15) is 60.3 Å². The van der Waals surface area contributed by atoms with E-state index in [1.807, 2.05) is 0 Å². The Balaban J connectivity index is 2.49. The van der Waals surface area contributed by atoms with Crippen LogP contribution < -0.4 is 0 Å². The predicted molar refractivity (Wildman–Crippen MR) is 85.3 cm³/mol. The maximum Gasteiger partial charge on any atom is 0.0219 e. The second kappa shape index (κ2) is 5.32. The minimum absolute atomic E-state index is 0.131. The highest BCUT2D eigenvalue weighted by Gasteiger charge is 2.36. The lowest BCUT2D eigenvalue weighted by Crippen LogP contribution is -2.16. The Morgan fingerprint density at radius 2 is 1.53 bits per heavy atom. The van der Waals surface area contributed by atoms with Gasteiger partial charge in [-0.05, 0) is 68.7 Å². The van der Waals surface area contributed by atoms with Crippen LogP contribution in [0.2, 0.25) is 0 Å². The summed E-state index contributed by atoms with van der Waals surface area (Å²) in [6, 6.07) is 0. The summed E-state index contributed by atoms with van der Waals surface area (Å²) in [5.41, 5.74) is 7.42. The third-order valence-electron chi connectivity index (χ3n) is 4.95. The van der Waals surface area contributed by atoms with Crippen molar-refractivity contribution in [1.82, 2.24) is 0 Å². The Bertz CT molecular complexity index is 510. The molecule has 0 radical (unpaired) electrons. The van der Waals surface area contributed by atoms with Gasteiger partial charge in [0.15, 0.2) is 0 Å². The van der Waals surface area contributed by atoms with Crippen molar-refractivity contribution >= 4 is 11.6 Å². The molecule has 2 rings (SSSR count). The van der Waals surface area contributed by atoms with Gasteiger partial charge in [-0.15, -0.1) is 0 Å². The number of hydrogen-bond acceptors (Lipinski definition) is 0. The van der Waals surface area contributed by atoms with Crippen LogP contribution in [0.4, 0.5) is 0 Å². The monoisotopic (exact) mass is 276 g/mol. The van der Waals surface area contributed by atoms with Gasteiger partial charge in [0.05, 0.1) is 0 Å². The van der Waals surface area contributed by atoms with Crippen molar-refractivity contribution < 1.29 is 0 Å². The van der Waals surface area contributed by atoms with Crippen molar-refractivity contribution in [2.45, 2.75) is 60.3 Å². The molecule has 0 unspecified atom stereocenters. The Kier molecular flexibility index (Phi) is 4.11. The second-order valence-electron chi connectivity index (χ2n) is 6.31. The summed E-state index contributed by atoms with van der Waals surface area (Å²) < 4.78 is 0. The van der Waals surface area contributed by atoms with Crippen molar-refractivity contribution in [1.29, 1.82) is 0 Å². The van der Waals surface area contributed by atoms with Crippen molar-refractivity contribution in [3.8, 4) is 0 Å². The molecule has 2 aliphatic carbocycles. The summed E-state index contributed by atoms with van der Waals surface area (Å²) >= 11 is 6.62. The maximum atomic E-state index is 6.62. The van der Waals surface area contributed by atoms with E-state index in [-0.39, 0.29) is 5.41 Å². The molecule has 0 atom stereocenters. The van der Waals surface area contributed by atoms with Crippen LogP contribution >= 0.6 is 11.6 Å². The number of halogens is 1. The van der Waals surface area contributed by atoms with Gasteiger partial charge in [-0.1, -0.05) is 43.2 Å². The molecule has 0 aromatic rings. The lowest BCUT2D eigenvalue weighted by molar-refractivity contribution is 0.547. The van der Waals surface area contributed by atoms with Crippen LogP contribution in [-0.4, -0.2) is 0 Å². The molecule has 0 N–H and O–H groups in total. The van der Waals surface area contributed by atoms with Crippen LogP contribution in [0.15, 0.2) is 45.0 Å². The first-order chi connectivity index (χ1) is 8.87. The fraction of sp³-hybridized carbons (Fsp3) is 0.556.